The van der Waals surface area contributed by atoms with Gasteiger partial charge in [0.1, 0.15) is 5.60 Å². The smallest absolute Gasteiger partial charge is 0.331 e. The molecule has 0 unspecified atom stereocenters. The number of allylic oxidation sites excluding steroid dienone is 2. The van der Waals surface area contributed by atoms with E-state index in [2.05, 4.69) is 20.8 Å². The van der Waals surface area contributed by atoms with Crippen molar-refractivity contribution in [3.8, 4) is 0 Å². The zero-order valence-electron chi connectivity index (χ0n) is 13.7. The maximum absolute atomic E-state index is 11.8. The molecule has 114 valence electrons. The zero-order chi connectivity index (χ0) is 15.9. The fourth-order valence-corrected chi connectivity index (χ4v) is 2.48. The molecule has 0 amide bonds. The minimum atomic E-state index is -0.456. The van der Waals surface area contributed by atoms with Crippen molar-refractivity contribution in [1.82, 2.24) is 0 Å². The van der Waals surface area contributed by atoms with Gasteiger partial charge in [-0.25, -0.2) is 4.79 Å². The van der Waals surface area contributed by atoms with Crippen LogP contribution in [0.1, 0.15) is 46.6 Å². The van der Waals surface area contributed by atoms with Crippen LogP contribution in [0, 0.1) is 5.41 Å². The van der Waals surface area contributed by atoms with Gasteiger partial charge in [0.05, 0.1) is 0 Å². The first-order valence-electron chi connectivity index (χ1n) is 7.31. The van der Waals surface area contributed by atoms with Crippen molar-refractivity contribution in [1.29, 1.82) is 0 Å². The quantitative estimate of drug-likeness (QED) is 0.432. The molecule has 0 atom stereocenters. The standard InChI is InChI=1S/C19H26O2/c1-18(2,3)15-19(4,5)21-17(20)14-10-9-13-16-11-7-6-8-12-16/h6-14H,15H2,1-5H3. The van der Waals surface area contributed by atoms with Gasteiger partial charge >= 0.3 is 5.97 Å². The van der Waals surface area contributed by atoms with Gasteiger partial charge in [0, 0.05) is 6.08 Å². The summed E-state index contributed by atoms with van der Waals surface area (Å²) in [5.41, 5.74) is 0.771. The van der Waals surface area contributed by atoms with E-state index in [1.165, 1.54) is 6.08 Å². The Kier molecular flexibility index (Phi) is 5.95. The van der Waals surface area contributed by atoms with E-state index >= 15 is 0 Å². The molecule has 0 radical (unpaired) electrons. The first-order valence-corrected chi connectivity index (χ1v) is 7.31. The van der Waals surface area contributed by atoms with Crippen molar-refractivity contribution < 1.29 is 9.53 Å². The molecule has 0 saturated heterocycles. The topological polar surface area (TPSA) is 26.3 Å². The van der Waals surface area contributed by atoms with Crippen LogP contribution in [0.2, 0.25) is 0 Å². The number of ether oxygens (including phenoxy) is 1. The van der Waals surface area contributed by atoms with E-state index in [4.69, 9.17) is 4.74 Å². The van der Waals surface area contributed by atoms with Gasteiger partial charge < -0.3 is 4.74 Å². The van der Waals surface area contributed by atoms with Crippen molar-refractivity contribution >= 4 is 12.0 Å². The van der Waals surface area contributed by atoms with Crippen LogP contribution in [0.25, 0.3) is 6.08 Å². The Balaban J connectivity index is 2.50. The normalized spacial score (nSPS) is 13.0. The van der Waals surface area contributed by atoms with Crippen molar-refractivity contribution in [2.45, 2.75) is 46.6 Å². The van der Waals surface area contributed by atoms with Crippen LogP contribution in [-0.4, -0.2) is 11.6 Å². The second kappa shape index (κ2) is 7.26. The number of hydrogen-bond donors (Lipinski definition) is 0. The predicted octanol–water partition coefficient (Wildman–Crippen LogP) is 5.01. The molecule has 2 heteroatoms. The lowest BCUT2D eigenvalue weighted by molar-refractivity contribution is -0.152. The second-order valence-corrected chi connectivity index (χ2v) is 7.05. The van der Waals surface area contributed by atoms with Crippen LogP contribution in [0.5, 0.6) is 0 Å². The largest absolute Gasteiger partial charge is 0.456 e. The number of hydrogen-bond acceptors (Lipinski definition) is 2. The Labute approximate surface area is 128 Å². The lowest BCUT2D eigenvalue weighted by Crippen LogP contribution is -2.32. The number of rotatable bonds is 5. The third-order valence-corrected chi connectivity index (χ3v) is 2.76. The average Bonchev–Trinajstić information content (AvgIpc) is 2.32. The number of carbonyl (C=O) groups is 1. The first kappa shape index (κ1) is 17.2. The van der Waals surface area contributed by atoms with Crippen LogP contribution < -0.4 is 0 Å². The summed E-state index contributed by atoms with van der Waals surface area (Å²) in [5.74, 6) is -0.304. The van der Waals surface area contributed by atoms with Crippen LogP contribution >= 0.6 is 0 Å². The molecule has 1 aromatic rings. The summed E-state index contributed by atoms with van der Waals surface area (Å²) in [6.07, 6.45) is 7.78. The molecule has 21 heavy (non-hydrogen) atoms. The summed E-state index contributed by atoms with van der Waals surface area (Å²) < 4.78 is 5.51. The fourth-order valence-electron chi connectivity index (χ4n) is 2.48. The predicted molar refractivity (Wildman–Crippen MR) is 88.9 cm³/mol. The number of benzene rings is 1. The Bertz CT molecular complexity index is 502. The Morgan fingerprint density at radius 1 is 1.05 bits per heavy atom. The highest BCUT2D eigenvalue weighted by Gasteiger charge is 2.28. The molecule has 0 aliphatic rings. The highest BCUT2D eigenvalue weighted by atomic mass is 16.6. The number of esters is 1. The maximum Gasteiger partial charge on any atom is 0.331 e. The van der Waals surface area contributed by atoms with Gasteiger partial charge in [0.25, 0.3) is 0 Å². The minimum absolute atomic E-state index is 0.126. The highest BCUT2D eigenvalue weighted by Crippen LogP contribution is 2.29. The Morgan fingerprint density at radius 2 is 1.67 bits per heavy atom. The Morgan fingerprint density at radius 3 is 2.24 bits per heavy atom. The van der Waals surface area contributed by atoms with Crippen molar-refractivity contribution in [2.75, 3.05) is 0 Å². The molecule has 0 heterocycles. The maximum atomic E-state index is 11.8. The van der Waals surface area contributed by atoms with E-state index in [1.807, 2.05) is 56.3 Å². The third-order valence-electron chi connectivity index (χ3n) is 2.76. The van der Waals surface area contributed by atoms with Crippen LogP contribution in [0.4, 0.5) is 0 Å². The van der Waals surface area contributed by atoms with Gasteiger partial charge in [-0.15, -0.1) is 0 Å². The summed E-state index contributed by atoms with van der Waals surface area (Å²) in [7, 11) is 0. The number of carbonyl (C=O) groups excluding carboxylic acids is 1. The zero-order valence-corrected chi connectivity index (χ0v) is 13.7. The van der Waals surface area contributed by atoms with Gasteiger partial charge in [-0.3, -0.25) is 0 Å². The minimum Gasteiger partial charge on any atom is -0.456 e. The van der Waals surface area contributed by atoms with E-state index in [-0.39, 0.29) is 11.4 Å². The van der Waals surface area contributed by atoms with Crippen LogP contribution in [0.15, 0.2) is 48.6 Å². The van der Waals surface area contributed by atoms with Crippen molar-refractivity contribution in [2.24, 2.45) is 5.41 Å². The van der Waals surface area contributed by atoms with Gasteiger partial charge in [0.2, 0.25) is 0 Å². The molecule has 0 spiro atoms. The molecule has 0 aromatic heterocycles. The molecule has 0 fully saturated rings. The summed E-state index contributed by atoms with van der Waals surface area (Å²) in [6, 6.07) is 9.95. The highest BCUT2D eigenvalue weighted by molar-refractivity contribution is 5.82. The van der Waals surface area contributed by atoms with Gasteiger partial charge in [-0.1, -0.05) is 69.3 Å². The first-order chi connectivity index (χ1) is 9.68. The molecule has 1 aromatic carbocycles. The Hall–Kier alpha value is -1.83. The average molecular weight is 286 g/mol. The molecular formula is C19H26O2. The van der Waals surface area contributed by atoms with Crippen molar-refractivity contribution in [3.05, 3.63) is 54.1 Å². The molecule has 0 aliphatic heterocycles. The third kappa shape index (κ3) is 8.13. The van der Waals surface area contributed by atoms with Gasteiger partial charge in [-0.05, 0) is 31.2 Å². The monoisotopic (exact) mass is 286 g/mol. The summed E-state index contributed by atoms with van der Waals surface area (Å²) >= 11 is 0. The van der Waals surface area contributed by atoms with Crippen LogP contribution in [0.3, 0.4) is 0 Å². The lowest BCUT2D eigenvalue weighted by atomic mass is 9.84. The molecule has 1 rings (SSSR count). The second-order valence-electron chi connectivity index (χ2n) is 7.05. The van der Waals surface area contributed by atoms with E-state index < -0.39 is 5.60 Å². The van der Waals surface area contributed by atoms with E-state index in [1.54, 1.807) is 6.08 Å². The molecule has 0 aliphatic carbocycles. The molecule has 0 N–H and O–H groups in total. The van der Waals surface area contributed by atoms with E-state index in [0.29, 0.717) is 0 Å². The van der Waals surface area contributed by atoms with E-state index in [9.17, 15) is 4.79 Å². The van der Waals surface area contributed by atoms with Crippen LogP contribution in [-0.2, 0) is 9.53 Å². The summed E-state index contributed by atoms with van der Waals surface area (Å²) in [5, 5.41) is 0. The molecule has 0 saturated carbocycles. The molecule has 2 nitrogen and oxygen atoms in total. The molecule has 0 bridgehead atoms. The van der Waals surface area contributed by atoms with Gasteiger partial charge in [-0.2, -0.15) is 0 Å². The molecular weight excluding hydrogens is 260 g/mol. The van der Waals surface area contributed by atoms with Crippen molar-refractivity contribution in [3.63, 3.8) is 0 Å². The SMILES string of the molecule is CC(C)(C)CC(C)(C)OC(=O)C=CC=Cc1ccccc1. The fraction of sp³-hybridized carbons (Fsp3) is 0.421. The van der Waals surface area contributed by atoms with Gasteiger partial charge in [0.15, 0.2) is 0 Å². The summed E-state index contributed by atoms with van der Waals surface area (Å²) in [6.45, 7) is 10.3. The lowest BCUT2D eigenvalue weighted by Gasteiger charge is -2.31. The van der Waals surface area contributed by atoms with E-state index in [0.717, 1.165) is 12.0 Å². The summed E-state index contributed by atoms with van der Waals surface area (Å²) in [4.78, 5) is 11.8.